The van der Waals surface area contributed by atoms with Crippen LogP contribution in [-0.2, 0) is 0 Å². The molecule has 2 nitrogen and oxygen atoms in total. The molecule has 4 N–H and O–H groups in total. The van der Waals surface area contributed by atoms with E-state index in [1.807, 2.05) is 24.3 Å². The average Bonchev–Trinajstić information content (AvgIpc) is 2.01. The van der Waals surface area contributed by atoms with Gasteiger partial charge >= 0.3 is 0 Å². The van der Waals surface area contributed by atoms with Gasteiger partial charge in [0.25, 0.3) is 0 Å². The third kappa shape index (κ3) is 2.46. The molecule has 0 saturated carbocycles. The molecule has 13 heavy (non-hydrogen) atoms. The molecule has 0 bridgehead atoms. The summed E-state index contributed by atoms with van der Waals surface area (Å²) in [5.41, 5.74) is 13.7. The van der Waals surface area contributed by atoms with Crippen molar-refractivity contribution in [1.29, 1.82) is 0 Å². The van der Waals surface area contributed by atoms with E-state index in [2.05, 4.69) is 20.8 Å². The van der Waals surface area contributed by atoms with Crippen molar-refractivity contribution >= 4 is 5.69 Å². The average molecular weight is 178 g/mol. The lowest BCUT2D eigenvalue weighted by atomic mass is 9.83. The van der Waals surface area contributed by atoms with Gasteiger partial charge in [-0.15, -0.1) is 0 Å². The second-order valence-corrected chi connectivity index (χ2v) is 4.51. The van der Waals surface area contributed by atoms with E-state index in [1.54, 1.807) is 0 Å². The summed E-state index contributed by atoms with van der Waals surface area (Å²) in [6.07, 6.45) is 0. The maximum atomic E-state index is 6.09. The van der Waals surface area contributed by atoms with Crippen LogP contribution in [0.3, 0.4) is 0 Å². The first kappa shape index (κ1) is 10.1. The third-order valence-corrected chi connectivity index (χ3v) is 2.20. The minimum atomic E-state index is 0.0380. The van der Waals surface area contributed by atoms with Crippen LogP contribution in [0.2, 0.25) is 0 Å². The van der Waals surface area contributed by atoms with Gasteiger partial charge in [0.2, 0.25) is 0 Å². The summed E-state index contributed by atoms with van der Waals surface area (Å²) in [7, 11) is 0. The summed E-state index contributed by atoms with van der Waals surface area (Å²) >= 11 is 0. The number of hydrogen-bond acceptors (Lipinski definition) is 2. The van der Waals surface area contributed by atoms with Gasteiger partial charge in [-0.1, -0.05) is 32.9 Å². The van der Waals surface area contributed by atoms with E-state index in [9.17, 15) is 0 Å². The van der Waals surface area contributed by atoms with E-state index in [0.29, 0.717) is 0 Å². The molecule has 0 fully saturated rings. The van der Waals surface area contributed by atoms with Gasteiger partial charge in [0.05, 0.1) is 0 Å². The molecule has 0 radical (unpaired) electrons. The third-order valence-electron chi connectivity index (χ3n) is 2.20. The lowest BCUT2D eigenvalue weighted by Gasteiger charge is -2.27. The number of benzene rings is 1. The first-order valence-electron chi connectivity index (χ1n) is 4.52. The Hall–Kier alpha value is -1.02. The van der Waals surface area contributed by atoms with Gasteiger partial charge in [-0.3, -0.25) is 0 Å². The Morgan fingerprint density at radius 1 is 1.23 bits per heavy atom. The molecular weight excluding hydrogens is 160 g/mol. The topological polar surface area (TPSA) is 52.0 Å². The Morgan fingerprint density at radius 2 is 1.85 bits per heavy atom. The van der Waals surface area contributed by atoms with Crippen LogP contribution >= 0.6 is 0 Å². The number of nitrogen functional groups attached to an aromatic ring is 1. The minimum Gasteiger partial charge on any atom is -0.399 e. The molecule has 0 aliphatic carbocycles. The highest BCUT2D eigenvalue weighted by molar-refractivity contribution is 5.41. The highest BCUT2D eigenvalue weighted by atomic mass is 14.7. The number of rotatable bonds is 1. The highest BCUT2D eigenvalue weighted by Crippen LogP contribution is 2.30. The molecule has 0 saturated heterocycles. The first-order valence-corrected chi connectivity index (χ1v) is 4.52. The monoisotopic (exact) mass is 178 g/mol. The molecule has 0 aliphatic heterocycles. The van der Waals surface area contributed by atoms with E-state index in [0.717, 1.165) is 11.3 Å². The van der Waals surface area contributed by atoms with E-state index in [4.69, 9.17) is 11.5 Å². The molecule has 0 heterocycles. The van der Waals surface area contributed by atoms with Crippen molar-refractivity contribution in [3.05, 3.63) is 29.8 Å². The van der Waals surface area contributed by atoms with Crippen molar-refractivity contribution in [2.75, 3.05) is 5.73 Å². The van der Waals surface area contributed by atoms with Crippen molar-refractivity contribution in [2.24, 2.45) is 11.1 Å². The fourth-order valence-corrected chi connectivity index (χ4v) is 1.25. The minimum absolute atomic E-state index is 0.0380. The van der Waals surface area contributed by atoms with E-state index in [-0.39, 0.29) is 11.5 Å². The van der Waals surface area contributed by atoms with Crippen molar-refractivity contribution < 1.29 is 0 Å². The van der Waals surface area contributed by atoms with Crippen LogP contribution in [0, 0.1) is 5.41 Å². The predicted octanol–water partition coefficient (Wildman–Crippen LogP) is 2.31. The summed E-state index contributed by atoms with van der Waals surface area (Å²) in [5, 5.41) is 0. The first-order chi connectivity index (χ1) is 5.91. The quantitative estimate of drug-likeness (QED) is 0.648. The number of hydrogen-bond donors (Lipinski definition) is 2. The Kier molecular flexibility index (Phi) is 2.62. The van der Waals surface area contributed by atoms with E-state index < -0.39 is 0 Å². The van der Waals surface area contributed by atoms with Crippen LogP contribution in [-0.4, -0.2) is 0 Å². The summed E-state index contributed by atoms with van der Waals surface area (Å²) in [6.45, 7) is 6.38. The number of nitrogens with two attached hydrogens (primary N) is 2. The molecule has 0 amide bonds. The zero-order valence-corrected chi connectivity index (χ0v) is 8.54. The maximum absolute atomic E-state index is 6.09. The van der Waals surface area contributed by atoms with Crippen molar-refractivity contribution in [3.8, 4) is 0 Å². The molecule has 1 aromatic carbocycles. The summed E-state index contributed by atoms with van der Waals surface area (Å²) in [5.74, 6) is 0. The zero-order valence-electron chi connectivity index (χ0n) is 8.54. The van der Waals surface area contributed by atoms with E-state index >= 15 is 0 Å². The van der Waals surface area contributed by atoms with Gasteiger partial charge in [-0.2, -0.15) is 0 Å². The van der Waals surface area contributed by atoms with Crippen molar-refractivity contribution in [2.45, 2.75) is 26.8 Å². The molecule has 1 rings (SSSR count). The fourth-order valence-electron chi connectivity index (χ4n) is 1.25. The number of anilines is 1. The normalized spacial score (nSPS) is 14.2. The largest absolute Gasteiger partial charge is 0.399 e. The van der Waals surface area contributed by atoms with Crippen LogP contribution in [0.15, 0.2) is 24.3 Å². The maximum Gasteiger partial charge on any atom is 0.0344 e. The molecule has 0 unspecified atom stereocenters. The molecule has 0 aromatic heterocycles. The standard InChI is InChI=1S/C11H18N2/c1-11(2,3)10(13)8-5-4-6-9(12)7-8/h4-7,10H,12-13H2,1-3H3/t10-/m0/s1. The summed E-state index contributed by atoms with van der Waals surface area (Å²) < 4.78 is 0. The van der Waals surface area contributed by atoms with Gasteiger partial charge in [0, 0.05) is 11.7 Å². The molecule has 1 atom stereocenters. The lowest BCUT2D eigenvalue weighted by Crippen LogP contribution is -2.26. The molecule has 1 aromatic rings. The van der Waals surface area contributed by atoms with Gasteiger partial charge in [0.15, 0.2) is 0 Å². The molecular formula is C11H18N2. The lowest BCUT2D eigenvalue weighted by molar-refractivity contribution is 0.327. The Bertz CT molecular complexity index is 286. The van der Waals surface area contributed by atoms with Crippen molar-refractivity contribution in [3.63, 3.8) is 0 Å². The zero-order chi connectivity index (χ0) is 10.1. The summed E-state index contributed by atoms with van der Waals surface area (Å²) in [6, 6.07) is 7.81. The highest BCUT2D eigenvalue weighted by Gasteiger charge is 2.21. The molecule has 0 aliphatic rings. The van der Waals surface area contributed by atoms with Crippen LogP contribution in [0.1, 0.15) is 32.4 Å². The Labute approximate surface area is 79.9 Å². The second-order valence-electron chi connectivity index (χ2n) is 4.51. The van der Waals surface area contributed by atoms with E-state index in [1.165, 1.54) is 0 Å². The second kappa shape index (κ2) is 3.38. The van der Waals surface area contributed by atoms with Gasteiger partial charge in [-0.05, 0) is 23.1 Å². The van der Waals surface area contributed by atoms with Crippen LogP contribution in [0.25, 0.3) is 0 Å². The smallest absolute Gasteiger partial charge is 0.0344 e. The van der Waals surface area contributed by atoms with Gasteiger partial charge in [0.1, 0.15) is 0 Å². The SMILES string of the molecule is CC(C)(C)[C@@H](N)c1cccc(N)c1. The van der Waals surface area contributed by atoms with Crippen molar-refractivity contribution in [1.82, 2.24) is 0 Å². The van der Waals surface area contributed by atoms with Crippen LogP contribution in [0.5, 0.6) is 0 Å². The van der Waals surface area contributed by atoms with Crippen LogP contribution < -0.4 is 11.5 Å². The van der Waals surface area contributed by atoms with Crippen LogP contribution in [0.4, 0.5) is 5.69 Å². The Morgan fingerprint density at radius 3 is 2.31 bits per heavy atom. The summed E-state index contributed by atoms with van der Waals surface area (Å²) in [4.78, 5) is 0. The molecule has 72 valence electrons. The molecule has 0 spiro atoms. The Balaban J connectivity index is 2.96. The predicted molar refractivity (Wildman–Crippen MR) is 57.2 cm³/mol. The van der Waals surface area contributed by atoms with Gasteiger partial charge in [-0.25, -0.2) is 0 Å². The van der Waals surface area contributed by atoms with Gasteiger partial charge < -0.3 is 11.5 Å². The fraction of sp³-hybridized carbons (Fsp3) is 0.455. The molecule has 2 heteroatoms.